The molecule has 104 valence electrons. The molecule has 0 amide bonds. The molecule has 1 fully saturated rings. The van der Waals surface area contributed by atoms with Crippen molar-refractivity contribution in [3.05, 3.63) is 29.8 Å². The number of benzene rings is 1. The lowest BCUT2D eigenvalue weighted by molar-refractivity contribution is -0.139. The first-order chi connectivity index (χ1) is 9.13. The van der Waals surface area contributed by atoms with Gasteiger partial charge in [-0.25, -0.2) is 4.79 Å². The van der Waals surface area contributed by atoms with E-state index in [1.165, 1.54) is 5.56 Å². The van der Waals surface area contributed by atoms with Gasteiger partial charge in [0.1, 0.15) is 5.75 Å². The molecule has 1 heterocycles. The Morgan fingerprint density at radius 3 is 2.53 bits per heavy atom. The monoisotopic (exact) mass is 264 g/mol. The Morgan fingerprint density at radius 1 is 1.32 bits per heavy atom. The number of carbonyl (C=O) groups is 1. The van der Waals surface area contributed by atoms with Gasteiger partial charge < -0.3 is 15.6 Å². The van der Waals surface area contributed by atoms with E-state index in [0.29, 0.717) is 11.8 Å². The van der Waals surface area contributed by atoms with Crippen LogP contribution in [0.3, 0.4) is 0 Å². The predicted molar refractivity (Wildman–Crippen MR) is 72.1 cm³/mol. The molecular formula is C14H20N2O3. The van der Waals surface area contributed by atoms with Gasteiger partial charge in [0.15, 0.2) is 6.61 Å². The maximum Gasteiger partial charge on any atom is 0.341 e. The van der Waals surface area contributed by atoms with Crippen LogP contribution in [0.25, 0.3) is 0 Å². The molecule has 0 saturated carbocycles. The van der Waals surface area contributed by atoms with E-state index < -0.39 is 5.97 Å². The Balaban J connectivity index is 1.83. The molecule has 5 heteroatoms. The van der Waals surface area contributed by atoms with Crippen LogP contribution in [0.2, 0.25) is 0 Å². The molecule has 19 heavy (non-hydrogen) atoms. The maximum atomic E-state index is 10.4. The highest BCUT2D eigenvalue weighted by Gasteiger charge is 2.15. The Kier molecular flexibility index (Phi) is 4.76. The summed E-state index contributed by atoms with van der Waals surface area (Å²) in [5.74, 6) is -0.374. The van der Waals surface area contributed by atoms with Gasteiger partial charge in [0, 0.05) is 12.6 Å². The normalized spacial score (nSPS) is 17.3. The molecule has 0 spiro atoms. The minimum atomic E-state index is -0.964. The van der Waals surface area contributed by atoms with E-state index in [2.05, 4.69) is 4.90 Å². The second-order valence-electron chi connectivity index (χ2n) is 4.94. The average molecular weight is 264 g/mol. The lowest BCUT2D eigenvalue weighted by Gasteiger charge is -2.30. The van der Waals surface area contributed by atoms with Crippen molar-refractivity contribution in [2.24, 2.45) is 5.73 Å². The third kappa shape index (κ3) is 4.54. The van der Waals surface area contributed by atoms with Crippen LogP contribution in [0.15, 0.2) is 24.3 Å². The molecule has 1 saturated heterocycles. The van der Waals surface area contributed by atoms with E-state index in [-0.39, 0.29) is 6.61 Å². The fourth-order valence-corrected chi connectivity index (χ4v) is 2.21. The van der Waals surface area contributed by atoms with Crippen molar-refractivity contribution in [2.45, 2.75) is 25.4 Å². The quantitative estimate of drug-likeness (QED) is 0.832. The highest BCUT2D eigenvalue weighted by molar-refractivity contribution is 5.68. The van der Waals surface area contributed by atoms with Crippen molar-refractivity contribution in [2.75, 3.05) is 19.7 Å². The number of piperidine rings is 1. The van der Waals surface area contributed by atoms with Gasteiger partial charge in [-0.2, -0.15) is 0 Å². The molecule has 1 aromatic rings. The van der Waals surface area contributed by atoms with Crippen molar-refractivity contribution in [3.63, 3.8) is 0 Å². The molecule has 1 aromatic carbocycles. The van der Waals surface area contributed by atoms with Gasteiger partial charge in [-0.05, 0) is 43.6 Å². The number of hydrogen-bond acceptors (Lipinski definition) is 4. The first-order valence-electron chi connectivity index (χ1n) is 6.55. The summed E-state index contributed by atoms with van der Waals surface area (Å²) in [6.07, 6.45) is 2.11. The smallest absolute Gasteiger partial charge is 0.341 e. The van der Waals surface area contributed by atoms with E-state index in [0.717, 1.165) is 32.5 Å². The highest BCUT2D eigenvalue weighted by Crippen LogP contribution is 2.16. The number of aliphatic carboxylic acids is 1. The third-order valence-electron chi connectivity index (χ3n) is 3.32. The maximum absolute atomic E-state index is 10.4. The van der Waals surface area contributed by atoms with Gasteiger partial charge in [-0.3, -0.25) is 4.90 Å². The van der Waals surface area contributed by atoms with Crippen molar-refractivity contribution < 1.29 is 14.6 Å². The molecule has 0 atom stereocenters. The number of carboxylic acid groups (broad SMARTS) is 1. The molecule has 0 bridgehead atoms. The molecular weight excluding hydrogens is 244 g/mol. The summed E-state index contributed by atoms with van der Waals surface area (Å²) in [7, 11) is 0. The van der Waals surface area contributed by atoms with Crippen LogP contribution in [0.4, 0.5) is 0 Å². The second-order valence-corrected chi connectivity index (χ2v) is 4.94. The fourth-order valence-electron chi connectivity index (χ4n) is 2.21. The number of nitrogens with two attached hydrogens (primary N) is 1. The number of nitrogens with zero attached hydrogens (tertiary/aromatic N) is 1. The van der Waals surface area contributed by atoms with Crippen molar-refractivity contribution in [1.29, 1.82) is 0 Å². The minimum Gasteiger partial charge on any atom is -0.482 e. The first-order valence-corrected chi connectivity index (χ1v) is 6.55. The SMILES string of the molecule is NC1CCN(Cc2ccc(OCC(=O)O)cc2)CC1. The summed E-state index contributed by atoms with van der Waals surface area (Å²) in [4.78, 5) is 12.8. The number of carboxylic acids is 1. The van der Waals surface area contributed by atoms with Crippen molar-refractivity contribution in [1.82, 2.24) is 4.90 Å². The van der Waals surface area contributed by atoms with Gasteiger partial charge in [-0.1, -0.05) is 12.1 Å². The van der Waals surface area contributed by atoms with Crippen molar-refractivity contribution >= 4 is 5.97 Å². The summed E-state index contributed by atoms with van der Waals surface area (Å²) in [5, 5.41) is 8.53. The number of likely N-dealkylation sites (tertiary alicyclic amines) is 1. The van der Waals surface area contributed by atoms with E-state index in [4.69, 9.17) is 15.6 Å². The first kappa shape index (κ1) is 13.8. The molecule has 0 unspecified atom stereocenters. The zero-order valence-electron chi connectivity index (χ0n) is 10.9. The van der Waals surface area contributed by atoms with Gasteiger partial charge >= 0.3 is 5.97 Å². The van der Waals surface area contributed by atoms with Gasteiger partial charge in [0.05, 0.1) is 0 Å². The largest absolute Gasteiger partial charge is 0.482 e. The van der Waals surface area contributed by atoms with E-state index in [1.807, 2.05) is 24.3 Å². The van der Waals surface area contributed by atoms with Crippen LogP contribution in [-0.2, 0) is 11.3 Å². The summed E-state index contributed by atoms with van der Waals surface area (Å²) < 4.78 is 5.10. The number of ether oxygens (including phenoxy) is 1. The molecule has 5 nitrogen and oxygen atoms in total. The zero-order chi connectivity index (χ0) is 13.7. The summed E-state index contributed by atoms with van der Waals surface area (Å²) in [6.45, 7) is 2.69. The standard InChI is InChI=1S/C14H20N2O3/c15-12-5-7-16(8-6-12)9-11-1-3-13(4-2-11)19-10-14(17)18/h1-4,12H,5-10,15H2,(H,17,18). The van der Waals surface area contributed by atoms with Crippen LogP contribution in [0.5, 0.6) is 5.75 Å². The second kappa shape index (κ2) is 6.54. The third-order valence-corrected chi connectivity index (χ3v) is 3.32. The highest BCUT2D eigenvalue weighted by atomic mass is 16.5. The lowest BCUT2D eigenvalue weighted by Crippen LogP contribution is -2.39. The zero-order valence-corrected chi connectivity index (χ0v) is 10.9. The van der Waals surface area contributed by atoms with Gasteiger partial charge in [0.2, 0.25) is 0 Å². The average Bonchev–Trinajstić information content (AvgIpc) is 2.40. The Hall–Kier alpha value is -1.59. The van der Waals surface area contributed by atoms with Crippen LogP contribution in [0.1, 0.15) is 18.4 Å². The lowest BCUT2D eigenvalue weighted by atomic mass is 10.1. The van der Waals surface area contributed by atoms with Crippen LogP contribution < -0.4 is 10.5 Å². The van der Waals surface area contributed by atoms with Gasteiger partial charge in [-0.15, -0.1) is 0 Å². The topological polar surface area (TPSA) is 75.8 Å². The van der Waals surface area contributed by atoms with E-state index in [1.54, 1.807) is 0 Å². The molecule has 0 radical (unpaired) electrons. The van der Waals surface area contributed by atoms with Gasteiger partial charge in [0.25, 0.3) is 0 Å². The Labute approximate surface area is 113 Å². The molecule has 1 aliphatic rings. The number of hydrogen-bond donors (Lipinski definition) is 2. The summed E-state index contributed by atoms with van der Waals surface area (Å²) >= 11 is 0. The molecule has 0 aliphatic carbocycles. The fraction of sp³-hybridized carbons (Fsp3) is 0.500. The van der Waals surface area contributed by atoms with E-state index in [9.17, 15) is 4.79 Å². The van der Waals surface area contributed by atoms with Crippen LogP contribution in [0, 0.1) is 0 Å². The van der Waals surface area contributed by atoms with Crippen molar-refractivity contribution in [3.8, 4) is 5.75 Å². The number of rotatable bonds is 5. The van der Waals surface area contributed by atoms with E-state index >= 15 is 0 Å². The summed E-state index contributed by atoms with van der Waals surface area (Å²) in [6, 6.07) is 7.93. The molecule has 3 N–H and O–H groups in total. The minimum absolute atomic E-state index is 0.302. The molecule has 0 aromatic heterocycles. The predicted octanol–water partition coefficient (Wildman–Crippen LogP) is 1.07. The Bertz CT molecular complexity index is 411. The van der Waals surface area contributed by atoms with Crippen LogP contribution >= 0.6 is 0 Å². The summed E-state index contributed by atoms with van der Waals surface area (Å²) in [5.41, 5.74) is 7.08. The Morgan fingerprint density at radius 2 is 1.95 bits per heavy atom. The molecule has 2 rings (SSSR count). The van der Waals surface area contributed by atoms with Crippen LogP contribution in [-0.4, -0.2) is 41.7 Å². The molecule has 1 aliphatic heterocycles.